The van der Waals surface area contributed by atoms with Crippen molar-refractivity contribution in [2.24, 2.45) is 0 Å². The molecule has 0 heterocycles. The summed E-state index contributed by atoms with van der Waals surface area (Å²) in [7, 11) is -0.788. The van der Waals surface area contributed by atoms with Crippen molar-refractivity contribution in [2.75, 3.05) is 14.2 Å². The zero-order valence-electron chi connectivity index (χ0n) is 17.7. The Morgan fingerprint density at radius 1 is 0.774 bits per heavy atom. The summed E-state index contributed by atoms with van der Waals surface area (Å²) in [6.45, 7) is 7.15. The molecule has 0 saturated heterocycles. The van der Waals surface area contributed by atoms with Crippen LogP contribution in [-0.4, -0.2) is 22.6 Å². The molecule has 3 rings (SSSR count). The Kier molecular flexibility index (Phi) is 9.06. The highest BCUT2D eigenvalue weighted by molar-refractivity contribution is 7.86. The van der Waals surface area contributed by atoms with Gasteiger partial charge in [-0.2, -0.15) is 8.42 Å². The van der Waals surface area contributed by atoms with Crippen LogP contribution in [-0.2, 0) is 20.9 Å². The lowest BCUT2D eigenvalue weighted by molar-refractivity contribution is 0.305. The molecule has 0 radical (unpaired) electrons. The van der Waals surface area contributed by atoms with Gasteiger partial charge in [0, 0.05) is 6.07 Å². The Morgan fingerprint density at radius 2 is 1.29 bits per heavy atom. The number of hydrogen-bond acceptors (Lipinski definition) is 5. The smallest absolute Gasteiger partial charge is 0.297 e. The van der Waals surface area contributed by atoms with Crippen LogP contribution in [0.15, 0.2) is 90.8 Å². The van der Waals surface area contributed by atoms with E-state index in [1.807, 2.05) is 36.4 Å². The summed E-state index contributed by atoms with van der Waals surface area (Å²) in [5.41, 5.74) is 2.64. The average Bonchev–Trinajstić information content (AvgIpc) is 2.83. The van der Waals surface area contributed by atoms with Crippen molar-refractivity contribution in [1.29, 1.82) is 0 Å². The van der Waals surface area contributed by atoms with Gasteiger partial charge in [0.05, 0.1) is 25.7 Å². The molecule has 5 nitrogen and oxygen atoms in total. The lowest BCUT2D eigenvalue weighted by Gasteiger charge is -2.09. The van der Waals surface area contributed by atoms with E-state index in [0.717, 1.165) is 5.56 Å². The van der Waals surface area contributed by atoms with Crippen LogP contribution in [0.3, 0.4) is 0 Å². The van der Waals surface area contributed by atoms with Crippen LogP contribution in [0, 0.1) is 0 Å². The van der Waals surface area contributed by atoms with Gasteiger partial charge in [0.2, 0.25) is 0 Å². The summed E-state index contributed by atoms with van der Waals surface area (Å²) in [4.78, 5) is 0.0953. The third kappa shape index (κ3) is 7.44. The molecule has 6 heteroatoms. The minimum absolute atomic E-state index is 0.0953. The van der Waals surface area contributed by atoms with Crippen molar-refractivity contribution in [1.82, 2.24) is 0 Å². The van der Waals surface area contributed by atoms with E-state index in [1.165, 1.54) is 31.9 Å². The molecule has 0 amide bonds. The summed E-state index contributed by atoms with van der Waals surface area (Å²) in [6, 6.07) is 21.4. The van der Waals surface area contributed by atoms with Gasteiger partial charge >= 0.3 is 0 Å². The van der Waals surface area contributed by atoms with E-state index >= 15 is 0 Å². The molecule has 0 atom stereocenters. The molecule has 0 aliphatic heterocycles. The van der Waals surface area contributed by atoms with Gasteiger partial charge in [-0.3, -0.25) is 4.18 Å². The van der Waals surface area contributed by atoms with Crippen LogP contribution >= 0.6 is 0 Å². The molecule has 0 bridgehead atoms. The summed E-state index contributed by atoms with van der Waals surface area (Å²) in [6.07, 6.45) is 3.47. The second kappa shape index (κ2) is 11.7. The summed E-state index contributed by atoms with van der Waals surface area (Å²) < 4.78 is 39.8. The summed E-state index contributed by atoms with van der Waals surface area (Å²) in [5, 5.41) is 0. The second-order valence-electron chi connectivity index (χ2n) is 6.33. The van der Waals surface area contributed by atoms with Gasteiger partial charge in [-0.25, -0.2) is 0 Å². The van der Waals surface area contributed by atoms with Crippen LogP contribution in [0.4, 0.5) is 0 Å². The maximum Gasteiger partial charge on any atom is 0.297 e. The molecule has 0 N–H and O–H groups in total. The van der Waals surface area contributed by atoms with E-state index in [4.69, 9.17) is 13.7 Å². The first-order chi connectivity index (χ1) is 14.9. The molecular formula is C25H26O5S. The van der Waals surface area contributed by atoms with Gasteiger partial charge in [-0.1, -0.05) is 67.8 Å². The van der Waals surface area contributed by atoms with Crippen molar-refractivity contribution in [3.8, 4) is 11.5 Å². The Hall–Kier alpha value is -3.35. The SMILES string of the molecule is C=Cc1ccc(S(=O)(=O)OCc2cc(OC)cc(OC)c2)cc1.C=Cc1ccccc1. The molecule has 31 heavy (non-hydrogen) atoms. The number of ether oxygens (including phenoxy) is 2. The molecule has 0 spiro atoms. The van der Waals surface area contributed by atoms with E-state index in [0.29, 0.717) is 17.1 Å². The van der Waals surface area contributed by atoms with Gasteiger partial charge in [0.15, 0.2) is 0 Å². The van der Waals surface area contributed by atoms with Gasteiger partial charge in [-0.05, 0) is 41.0 Å². The third-order valence-corrected chi connectivity index (χ3v) is 5.51. The fourth-order valence-corrected chi connectivity index (χ4v) is 3.42. The minimum Gasteiger partial charge on any atom is -0.497 e. The molecule has 3 aromatic carbocycles. The molecule has 0 aliphatic rings. The standard InChI is InChI=1S/C17H18O5S.C8H8/c1-4-13-5-7-17(8-6-13)23(18,19)22-12-14-9-15(20-2)11-16(10-14)21-3;1-2-8-6-4-3-5-7-8/h4-11H,1,12H2,2-3H3;2-7H,1H2. The maximum atomic E-state index is 12.2. The molecule has 0 aromatic heterocycles. The fourth-order valence-electron chi connectivity index (χ4n) is 2.52. The van der Waals surface area contributed by atoms with E-state index in [2.05, 4.69) is 13.2 Å². The molecule has 0 saturated carbocycles. The van der Waals surface area contributed by atoms with Crippen molar-refractivity contribution in [3.05, 3.63) is 103 Å². The van der Waals surface area contributed by atoms with E-state index in [-0.39, 0.29) is 11.5 Å². The lowest BCUT2D eigenvalue weighted by atomic mass is 10.2. The molecule has 3 aromatic rings. The van der Waals surface area contributed by atoms with Crippen LogP contribution < -0.4 is 9.47 Å². The highest BCUT2D eigenvalue weighted by Crippen LogP contribution is 2.24. The van der Waals surface area contributed by atoms with Crippen molar-refractivity contribution in [3.63, 3.8) is 0 Å². The fraction of sp³-hybridized carbons (Fsp3) is 0.120. The third-order valence-electron chi connectivity index (χ3n) is 4.23. The van der Waals surface area contributed by atoms with E-state index in [1.54, 1.807) is 36.4 Å². The lowest BCUT2D eigenvalue weighted by Crippen LogP contribution is -2.06. The van der Waals surface area contributed by atoms with Crippen molar-refractivity contribution in [2.45, 2.75) is 11.5 Å². The second-order valence-corrected chi connectivity index (χ2v) is 7.94. The Morgan fingerprint density at radius 3 is 1.74 bits per heavy atom. The largest absolute Gasteiger partial charge is 0.497 e. The summed E-state index contributed by atoms with van der Waals surface area (Å²) >= 11 is 0. The molecule has 162 valence electrons. The van der Waals surface area contributed by atoms with Crippen LogP contribution in [0.2, 0.25) is 0 Å². The van der Waals surface area contributed by atoms with Crippen molar-refractivity contribution < 1.29 is 22.1 Å². The van der Waals surface area contributed by atoms with Gasteiger partial charge in [-0.15, -0.1) is 0 Å². The Balaban J connectivity index is 0.000000357. The van der Waals surface area contributed by atoms with Crippen LogP contribution in [0.25, 0.3) is 12.2 Å². The normalized spacial score (nSPS) is 10.4. The highest BCUT2D eigenvalue weighted by atomic mass is 32.2. The number of benzene rings is 3. The monoisotopic (exact) mass is 438 g/mol. The Bertz CT molecular complexity index is 1070. The molecule has 0 aliphatic carbocycles. The minimum atomic E-state index is -3.84. The topological polar surface area (TPSA) is 61.8 Å². The first-order valence-electron chi connectivity index (χ1n) is 9.43. The first-order valence-corrected chi connectivity index (χ1v) is 10.8. The predicted octanol–water partition coefficient (Wildman–Crippen LogP) is 5.58. The van der Waals surface area contributed by atoms with E-state index in [9.17, 15) is 8.42 Å². The number of methoxy groups -OCH3 is 2. The molecular weight excluding hydrogens is 412 g/mol. The van der Waals surface area contributed by atoms with Crippen LogP contribution in [0.1, 0.15) is 16.7 Å². The average molecular weight is 439 g/mol. The zero-order chi connectivity index (χ0) is 22.7. The van der Waals surface area contributed by atoms with E-state index < -0.39 is 10.1 Å². The quantitative estimate of drug-likeness (QED) is 0.430. The highest BCUT2D eigenvalue weighted by Gasteiger charge is 2.15. The number of hydrogen-bond donors (Lipinski definition) is 0. The Labute approximate surface area is 184 Å². The van der Waals surface area contributed by atoms with Crippen molar-refractivity contribution >= 4 is 22.3 Å². The summed E-state index contributed by atoms with van der Waals surface area (Å²) in [5.74, 6) is 1.13. The molecule has 0 unspecified atom stereocenters. The first kappa shape index (κ1) is 23.9. The molecule has 0 fully saturated rings. The van der Waals surface area contributed by atoms with Gasteiger partial charge in [0.25, 0.3) is 10.1 Å². The maximum absolute atomic E-state index is 12.2. The van der Waals surface area contributed by atoms with Gasteiger partial charge < -0.3 is 9.47 Å². The zero-order valence-corrected chi connectivity index (χ0v) is 18.5. The van der Waals surface area contributed by atoms with Gasteiger partial charge in [0.1, 0.15) is 11.5 Å². The van der Waals surface area contributed by atoms with Crippen LogP contribution in [0.5, 0.6) is 11.5 Å². The number of rotatable bonds is 8. The predicted molar refractivity (Wildman–Crippen MR) is 125 cm³/mol.